The molecule has 1 amide bonds. The molecule has 1 fully saturated rings. The molecule has 1 aliphatic heterocycles. The zero-order valence-electron chi connectivity index (χ0n) is 20.6. The second-order valence-corrected chi connectivity index (χ2v) is 9.34. The summed E-state index contributed by atoms with van der Waals surface area (Å²) in [7, 11) is 0. The molecule has 0 saturated carbocycles. The summed E-state index contributed by atoms with van der Waals surface area (Å²) < 4.78 is 2.04. The van der Waals surface area contributed by atoms with Gasteiger partial charge in [-0.3, -0.25) is 4.79 Å². The summed E-state index contributed by atoms with van der Waals surface area (Å²) in [5.41, 5.74) is 3.99. The van der Waals surface area contributed by atoms with E-state index in [-0.39, 0.29) is 19.1 Å². The molecule has 0 aliphatic carbocycles. The second kappa shape index (κ2) is 10.9. The Morgan fingerprint density at radius 3 is 2.50 bits per heavy atom. The summed E-state index contributed by atoms with van der Waals surface area (Å²) in [6.45, 7) is 4.25. The van der Waals surface area contributed by atoms with Gasteiger partial charge in [0, 0.05) is 55.4 Å². The first-order valence-corrected chi connectivity index (χ1v) is 12.7. The first kappa shape index (κ1) is 23.9. The lowest BCUT2D eigenvalue weighted by molar-refractivity contribution is 0.0945. The van der Waals surface area contributed by atoms with Crippen molar-refractivity contribution in [2.75, 3.05) is 31.1 Å². The van der Waals surface area contributed by atoms with E-state index in [2.05, 4.69) is 39.2 Å². The maximum absolute atomic E-state index is 12.2. The van der Waals surface area contributed by atoms with Gasteiger partial charge >= 0.3 is 0 Å². The number of anilines is 1. The number of nitrogens with one attached hydrogen (secondary N) is 1. The van der Waals surface area contributed by atoms with Crippen molar-refractivity contribution in [3.63, 3.8) is 0 Å². The Morgan fingerprint density at radius 2 is 1.81 bits per heavy atom. The highest BCUT2D eigenvalue weighted by molar-refractivity contribution is 5.98. The van der Waals surface area contributed by atoms with E-state index in [1.165, 1.54) is 11.1 Å². The van der Waals surface area contributed by atoms with Gasteiger partial charge in [-0.05, 0) is 73.1 Å². The standard InChI is InChI=1S/C28H32N6O2/c1-2-20-17-31-28(32-18-20)33-11-7-21(8-12-33)15-22-3-6-26(30-19-22)34-13-9-23-16-24(4-5-25(23)34)27(36)29-10-14-35/h3-6,9,13,16-19,21,35H,2,7-8,10-12,14-15H2,1H3,(H,29,36). The maximum atomic E-state index is 12.2. The molecule has 36 heavy (non-hydrogen) atoms. The quantitative estimate of drug-likeness (QED) is 0.397. The third-order valence-electron chi connectivity index (χ3n) is 6.93. The number of nitrogens with zero attached hydrogens (tertiary/aromatic N) is 5. The monoisotopic (exact) mass is 484 g/mol. The highest BCUT2D eigenvalue weighted by Gasteiger charge is 2.21. The lowest BCUT2D eigenvalue weighted by Gasteiger charge is -2.32. The summed E-state index contributed by atoms with van der Waals surface area (Å²) in [5, 5.41) is 12.6. The van der Waals surface area contributed by atoms with Gasteiger partial charge in [-0.15, -0.1) is 0 Å². The van der Waals surface area contributed by atoms with Crippen LogP contribution in [0.3, 0.4) is 0 Å². The average molecular weight is 485 g/mol. The topological polar surface area (TPSA) is 96.2 Å². The number of piperidine rings is 1. The Morgan fingerprint density at radius 1 is 1.03 bits per heavy atom. The summed E-state index contributed by atoms with van der Waals surface area (Å²) >= 11 is 0. The van der Waals surface area contributed by atoms with Crippen LogP contribution in [0, 0.1) is 5.92 Å². The lowest BCUT2D eigenvalue weighted by Crippen LogP contribution is -2.35. The third kappa shape index (κ3) is 5.23. The summed E-state index contributed by atoms with van der Waals surface area (Å²) in [5.74, 6) is 2.14. The predicted octanol–water partition coefficient (Wildman–Crippen LogP) is 3.56. The minimum Gasteiger partial charge on any atom is -0.395 e. The summed E-state index contributed by atoms with van der Waals surface area (Å²) in [6.07, 6.45) is 12.1. The van der Waals surface area contributed by atoms with Gasteiger partial charge in [0.05, 0.1) is 12.1 Å². The number of benzene rings is 1. The number of hydrogen-bond acceptors (Lipinski definition) is 6. The average Bonchev–Trinajstić information content (AvgIpc) is 3.36. The molecule has 1 aromatic carbocycles. The Kier molecular flexibility index (Phi) is 7.23. The molecule has 186 valence electrons. The van der Waals surface area contributed by atoms with Crippen molar-refractivity contribution in [2.24, 2.45) is 5.92 Å². The third-order valence-corrected chi connectivity index (χ3v) is 6.93. The number of amides is 1. The van der Waals surface area contributed by atoms with Crippen molar-refractivity contribution in [3.05, 3.63) is 77.9 Å². The number of rotatable bonds is 8. The molecular weight excluding hydrogens is 452 g/mol. The molecule has 4 heterocycles. The molecule has 0 radical (unpaired) electrons. The summed E-state index contributed by atoms with van der Waals surface area (Å²) in [6, 6.07) is 11.8. The zero-order chi connectivity index (χ0) is 24.9. The number of aliphatic hydroxyl groups excluding tert-OH is 1. The van der Waals surface area contributed by atoms with Crippen LogP contribution < -0.4 is 10.2 Å². The van der Waals surface area contributed by atoms with Crippen molar-refractivity contribution in [3.8, 4) is 5.82 Å². The van der Waals surface area contributed by atoms with Crippen molar-refractivity contribution < 1.29 is 9.90 Å². The molecule has 0 spiro atoms. The van der Waals surface area contributed by atoms with Crippen molar-refractivity contribution >= 4 is 22.8 Å². The van der Waals surface area contributed by atoms with Crippen LogP contribution in [0.25, 0.3) is 16.7 Å². The fourth-order valence-electron chi connectivity index (χ4n) is 4.80. The minimum atomic E-state index is -0.186. The molecule has 0 unspecified atom stereocenters. The number of aliphatic hydroxyl groups is 1. The first-order valence-electron chi connectivity index (χ1n) is 12.7. The van der Waals surface area contributed by atoms with Crippen LogP contribution in [0.4, 0.5) is 5.95 Å². The van der Waals surface area contributed by atoms with Crippen LogP contribution in [0.15, 0.2) is 61.2 Å². The van der Waals surface area contributed by atoms with Gasteiger partial charge in [0.2, 0.25) is 5.95 Å². The molecule has 3 aromatic heterocycles. The van der Waals surface area contributed by atoms with Crippen LogP contribution in [-0.2, 0) is 12.8 Å². The number of carbonyl (C=O) groups excluding carboxylic acids is 1. The number of aromatic nitrogens is 4. The molecular formula is C28H32N6O2. The highest BCUT2D eigenvalue weighted by atomic mass is 16.3. The first-order chi connectivity index (χ1) is 17.6. The molecule has 8 heteroatoms. The maximum Gasteiger partial charge on any atom is 0.251 e. The SMILES string of the molecule is CCc1cnc(N2CCC(Cc3ccc(-n4ccc5cc(C(=O)NCCO)ccc54)nc3)CC2)nc1. The van der Waals surface area contributed by atoms with E-state index >= 15 is 0 Å². The fraction of sp³-hybridized carbons (Fsp3) is 0.357. The fourth-order valence-corrected chi connectivity index (χ4v) is 4.80. The van der Waals surface area contributed by atoms with Crippen LogP contribution in [-0.4, -0.2) is 56.8 Å². The van der Waals surface area contributed by atoms with Crippen LogP contribution in [0.1, 0.15) is 41.3 Å². The van der Waals surface area contributed by atoms with E-state index in [1.807, 2.05) is 47.6 Å². The van der Waals surface area contributed by atoms with Gasteiger partial charge in [0.15, 0.2) is 0 Å². The number of carbonyl (C=O) groups is 1. The number of aryl methyl sites for hydroxylation is 1. The molecule has 4 aromatic rings. The van der Waals surface area contributed by atoms with Gasteiger partial charge in [0.25, 0.3) is 5.91 Å². The molecule has 2 N–H and O–H groups in total. The molecule has 0 atom stereocenters. The van der Waals surface area contributed by atoms with Crippen molar-refractivity contribution in [2.45, 2.75) is 32.6 Å². The smallest absolute Gasteiger partial charge is 0.251 e. The minimum absolute atomic E-state index is 0.0757. The van der Waals surface area contributed by atoms with Crippen molar-refractivity contribution in [1.82, 2.24) is 24.8 Å². The van der Waals surface area contributed by atoms with Crippen LogP contribution in [0.2, 0.25) is 0 Å². The second-order valence-electron chi connectivity index (χ2n) is 9.34. The number of fused-ring (bicyclic) bond motifs is 1. The van der Waals surface area contributed by atoms with E-state index in [1.54, 1.807) is 6.07 Å². The van der Waals surface area contributed by atoms with E-state index < -0.39 is 0 Å². The Balaban J connectivity index is 1.20. The van der Waals surface area contributed by atoms with E-state index in [0.717, 1.165) is 61.4 Å². The van der Waals surface area contributed by atoms with E-state index in [4.69, 9.17) is 10.1 Å². The van der Waals surface area contributed by atoms with E-state index in [0.29, 0.717) is 11.5 Å². The van der Waals surface area contributed by atoms with Gasteiger partial charge in [-0.25, -0.2) is 15.0 Å². The van der Waals surface area contributed by atoms with Gasteiger partial charge < -0.3 is 19.9 Å². The van der Waals surface area contributed by atoms with Gasteiger partial charge in [0.1, 0.15) is 5.82 Å². The number of pyridine rings is 1. The normalized spacial score (nSPS) is 14.3. The predicted molar refractivity (Wildman–Crippen MR) is 141 cm³/mol. The molecule has 5 rings (SSSR count). The summed E-state index contributed by atoms with van der Waals surface area (Å²) in [4.78, 5) is 28.3. The highest BCUT2D eigenvalue weighted by Crippen LogP contribution is 2.25. The largest absolute Gasteiger partial charge is 0.395 e. The van der Waals surface area contributed by atoms with Gasteiger partial charge in [-0.2, -0.15) is 0 Å². The Hall–Kier alpha value is -3.78. The van der Waals surface area contributed by atoms with Gasteiger partial charge in [-0.1, -0.05) is 13.0 Å². The molecule has 1 aliphatic rings. The number of hydrogen-bond donors (Lipinski definition) is 2. The zero-order valence-corrected chi connectivity index (χ0v) is 20.6. The Bertz CT molecular complexity index is 1310. The lowest BCUT2D eigenvalue weighted by atomic mass is 9.91. The van der Waals surface area contributed by atoms with Crippen LogP contribution in [0.5, 0.6) is 0 Å². The Labute approximate surface area is 211 Å². The molecule has 0 bridgehead atoms. The van der Waals surface area contributed by atoms with Crippen LogP contribution >= 0.6 is 0 Å². The molecule has 8 nitrogen and oxygen atoms in total. The van der Waals surface area contributed by atoms with Crippen molar-refractivity contribution in [1.29, 1.82) is 0 Å². The van der Waals surface area contributed by atoms with E-state index in [9.17, 15) is 4.79 Å². The molecule has 1 saturated heterocycles.